The molecule has 2 atom stereocenters. The summed E-state index contributed by atoms with van der Waals surface area (Å²) in [5.74, 6) is 0. The summed E-state index contributed by atoms with van der Waals surface area (Å²) in [5, 5.41) is 0. The number of hydrogen-bond acceptors (Lipinski definition) is 4. The Labute approximate surface area is 167 Å². The molecule has 4 heterocycles. The molecule has 1 unspecified atom stereocenters. The number of rotatable bonds is 5. The number of nitrogens with zero attached hydrogens (tertiary/aromatic N) is 4. The summed E-state index contributed by atoms with van der Waals surface area (Å²) < 4.78 is 0. The second kappa shape index (κ2) is 8.61. The van der Waals surface area contributed by atoms with Gasteiger partial charge in [0.2, 0.25) is 0 Å². The van der Waals surface area contributed by atoms with Crippen molar-refractivity contribution >= 4 is 0 Å². The van der Waals surface area contributed by atoms with E-state index in [4.69, 9.17) is 9.97 Å². The van der Waals surface area contributed by atoms with Crippen LogP contribution >= 0.6 is 0 Å². The van der Waals surface area contributed by atoms with Gasteiger partial charge in [-0.05, 0) is 74.4 Å². The predicted molar refractivity (Wildman–Crippen MR) is 112 cm³/mol. The van der Waals surface area contributed by atoms with Crippen molar-refractivity contribution in [3.8, 4) is 0 Å². The van der Waals surface area contributed by atoms with Crippen LogP contribution in [0.4, 0.5) is 0 Å². The number of piperidine rings is 1. The summed E-state index contributed by atoms with van der Waals surface area (Å²) in [4.78, 5) is 16.5. The Morgan fingerprint density at radius 2 is 1.46 bits per heavy atom. The van der Waals surface area contributed by atoms with Crippen LogP contribution in [0.2, 0.25) is 0 Å². The Morgan fingerprint density at radius 1 is 0.857 bits per heavy atom. The van der Waals surface area contributed by atoms with E-state index in [9.17, 15) is 0 Å². The maximum absolute atomic E-state index is 4.78. The van der Waals surface area contributed by atoms with Gasteiger partial charge in [0.1, 0.15) is 0 Å². The second-order valence-corrected chi connectivity index (χ2v) is 7.72. The lowest BCUT2D eigenvalue weighted by atomic mass is 9.88. The van der Waals surface area contributed by atoms with E-state index in [1.165, 1.54) is 34.5 Å². The largest absolute Gasteiger partial charge is 0.286 e. The van der Waals surface area contributed by atoms with Gasteiger partial charge in [0.25, 0.3) is 0 Å². The van der Waals surface area contributed by atoms with Gasteiger partial charge in [0.15, 0.2) is 0 Å². The number of aromatic nitrogens is 3. The van der Waals surface area contributed by atoms with E-state index in [1.54, 1.807) is 0 Å². The molecule has 0 saturated carbocycles. The van der Waals surface area contributed by atoms with Crippen LogP contribution in [0, 0.1) is 13.8 Å². The van der Waals surface area contributed by atoms with Crippen LogP contribution in [-0.4, -0.2) is 26.4 Å². The third-order valence-corrected chi connectivity index (χ3v) is 5.87. The van der Waals surface area contributed by atoms with Crippen molar-refractivity contribution in [2.45, 2.75) is 51.6 Å². The van der Waals surface area contributed by atoms with Gasteiger partial charge in [-0.1, -0.05) is 18.2 Å². The predicted octanol–water partition coefficient (Wildman–Crippen LogP) is 5.00. The lowest BCUT2D eigenvalue weighted by Gasteiger charge is -2.42. The fourth-order valence-corrected chi connectivity index (χ4v) is 4.45. The van der Waals surface area contributed by atoms with E-state index in [2.05, 4.69) is 41.9 Å². The Morgan fingerprint density at radius 3 is 2.00 bits per heavy atom. The minimum absolute atomic E-state index is 0.332. The molecular weight excluding hydrogens is 344 g/mol. The van der Waals surface area contributed by atoms with Crippen LogP contribution in [-0.2, 0) is 6.42 Å². The van der Waals surface area contributed by atoms with Crippen molar-refractivity contribution in [3.63, 3.8) is 0 Å². The highest BCUT2D eigenvalue weighted by molar-refractivity contribution is 5.26. The van der Waals surface area contributed by atoms with Crippen molar-refractivity contribution in [3.05, 3.63) is 89.3 Å². The zero-order valence-corrected chi connectivity index (χ0v) is 16.8. The van der Waals surface area contributed by atoms with E-state index in [0.717, 1.165) is 25.8 Å². The van der Waals surface area contributed by atoms with E-state index in [-0.39, 0.29) is 0 Å². The van der Waals surface area contributed by atoms with Crippen molar-refractivity contribution in [1.82, 2.24) is 19.9 Å². The zero-order valence-electron chi connectivity index (χ0n) is 16.8. The molecule has 0 aliphatic carbocycles. The van der Waals surface area contributed by atoms with E-state index in [1.807, 2.05) is 43.0 Å². The first kappa shape index (κ1) is 18.8. The molecule has 28 heavy (non-hydrogen) atoms. The molecule has 1 aliphatic heterocycles. The standard InChI is InChI=1S/C24H28N4/c1-18-7-4-14-26-23(18)21-10-3-11-22(24-19(2)8-5-15-27-24)28(21)16-12-20-9-6-13-25-17-20/h4-9,13-15,17,21-22H,3,10-12,16H2,1-2H3/t21-,22?/m1/s1. The first-order valence-corrected chi connectivity index (χ1v) is 10.2. The Balaban J connectivity index is 1.68. The van der Waals surface area contributed by atoms with Gasteiger partial charge in [0, 0.05) is 31.3 Å². The molecule has 0 amide bonds. The SMILES string of the molecule is Cc1cccnc1C1CCC[C@H](c2ncccc2C)N1CCc1cccnc1. The maximum atomic E-state index is 4.78. The molecule has 0 bridgehead atoms. The van der Waals surface area contributed by atoms with Gasteiger partial charge < -0.3 is 0 Å². The fraction of sp³-hybridized carbons (Fsp3) is 0.375. The molecule has 1 saturated heterocycles. The molecule has 144 valence electrons. The van der Waals surface area contributed by atoms with Crippen molar-refractivity contribution in [1.29, 1.82) is 0 Å². The number of hydrogen-bond donors (Lipinski definition) is 0. The molecule has 3 aromatic rings. The second-order valence-electron chi connectivity index (χ2n) is 7.72. The third-order valence-electron chi connectivity index (χ3n) is 5.87. The van der Waals surface area contributed by atoms with Crippen LogP contribution in [0.15, 0.2) is 61.2 Å². The maximum Gasteiger partial charge on any atom is 0.0604 e. The summed E-state index contributed by atoms with van der Waals surface area (Å²) in [5.41, 5.74) is 6.26. The van der Waals surface area contributed by atoms with Crippen molar-refractivity contribution in [2.24, 2.45) is 0 Å². The molecule has 3 aromatic heterocycles. The molecule has 0 N–H and O–H groups in total. The quantitative estimate of drug-likeness (QED) is 0.632. The molecule has 4 heteroatoms. The molecule has 1 aliphatic rings. The zero-order chi connectivity index (χ0) is 19.3. The third kappa shape index (κ3) is 3.97. The highest BCUT2D eigenvalue weighted by atomic mass is 15.2. The lowest BCUT2D eigenvalue weighted by molar-refractivity contribution is 0.0775. The molecule has 0 spiro atoms. The van der Waals surface area contributed by atoms with Crippen molar-refractivity contribution < 1.29 is 0 Å². The van der Waals surface area contributed by atoms with E-state index < -0.39 is 0 Å². The van der Waals surface area contributed by atoms with Crippen molar-refractivity contribution in [2.75, 3.05) is 6.54 Å². The topological polar surface area (TPSA) is 41.9 Å². The monoisotopic (exact) mass is 372 g/mol. The Kier molecular flexibility index (Phi) is 5.77. The molecule has 4 rings (SSSR count). The first-order valence-electron chi connectivity index (χ1n) is 10.2. The van der Waals surface area contributed by atoms with Gasteiger partial charge >= 0.3 is 0 Å². The van der Waals surface area contributed by atoms with E-state index >= 15 is 0 Å². The van der Waals surface area contributed by atoms with E-state index in [0.29, 0.717) is 12.1 Å². The van der Waals surface area contributed by atoms with Gasteiger partial charge in [-0.15, -0.1) is 0 Å². The van der Waals surface area contributed by atoms with Gasteiger partial charge in [-0.25, -0.2) is 0 Å². The Hall–Kier alpha value is -2.59. The van der Waals surface area contributed by atoms with Gasteiger partial charge in [-0.3, -0.25) is 19.9 Å². The molecule has 4 nitrogen and oxygen atoms in total. The highest BCUT2D eigenvalue weighted by Gasteiger charge is 2.34. The number of pyridine rings is 3. The average Bonchev–Trinajstić information content (AvgIpc) is 2.74. The number of likely N-dealkylation sites (tertiary alicyclic amines) is 1. The van der Waals surface area contributed by atoms with Crippen LogP contribution in [0.1, 0.15) is 59.4 Å². The summed E-state index contributed by atoms with van der Waals surface area (Å²) in [6.07, 6.45) is 12.1. The van der Waals surface area contributed by atoms with Gasteiger partial charge in [0.05, 0.1) is 23.5 Å². The minimum atomic E-state index is 0.332. The average molecular weight is 373 g/mol. The minimum Gasteiger partial charge on any atom is -0.286 e. The first-order chi connectivity index (χ1) is 13.7. The molecule has 0 radical (unpaired) electrons. The number of aryl methyl sites for hydroxylation is 2. The lowest BCUT2D eigenvalue weighted by Crippen LogP contribution is -2.39. The normalized spacial score (nSPS) is 20.2. The van der Waals surface area contributed by atoms with Gasteiger partial charge in [-0.2, -0.15) is 0 Å². The molecular formula is C24H28N4. The molecule has 0 aromatic carbocycles. The van der Waals surface area contributed by atoms with Crippen LogP contribution in [0.5, 0.6) is 0 Å². The van der Waals surface area contributed by atoms with Crippen LogP contribution in [0.25, 0.3) is 0 Å². The Bertz CT molecular complexity index is 856. The van der Waals surface area contributed by atoms with Crippen LogP contribution < -0.4 is 0 Å². The summed E-state index contributed by atoms with van der Waals surface area (Å²) in [6.45, 7) is 5.33. The smallest absolute Gasteiger partial charge is 0.0604 e. The summed E-state index contributed by atoms with van der Waals surface area (Å²) >= 11 is 0. The van der Waals surface area contributed by atoms with Crippen LogP contribution in [0.3, 0.4) is 0 Å². The summed E-state index contributed by atoms with van der Waals surface area (Å²) in [6, 6.07) is 13.3. The summed E-state index contributed by atoms with van der Waals surface area (Å²) in [7, 11) is 0. The fourth-order valence-electron chi connectivity index (χ4n) is 4.45. The highest BCUT2D eigenvalue weighted by Crippen LogP contribution is 2.42. The molecule has 1 fully saturated rings.